The summed E-state index contributed by atoms with van der Waals surface area (Å²) in [6.07, 6.45) is 5.03. The SMILES string of the molecule is O=C(OCc1ccccc1)[C@H]1CCCC[C@H]1C(=O)N1CCc2c(Br)ccc(O[C@H]3CCN(C(=O)c4cncs4)C3)c2[C@H]1CN1C(=O)c2ccccc2C1=O. The minimum Gasteiger partial charge on any atom is -0.488 e. The van der Waals surface area contributed by atoms with E-state index in [0.29, 0.717) is 72.6 Å². The Kier molecular flexibility index (Phi) is 10.3. The number of likely N-dealkylation sites (tertiary alicyclic amines) is 1. The van der Waals surface area contributed by atoms with Gasteiger partial charge in [0.15, 0.2) is 0 Å². The first-order valence-corrected chi connectivity index (χ1v) is 20.1. The van der Waals surface area contributed by atoms with Crippen molar-refractivity contribution >= 4 is 56.9 Å². The standard InChI is InChI=1S/C41H39BrN4O7S/c42-32-14-15-34(53-26-16-18-44(21-26)40(50)35-20-43-24-54-35)36-31(32)17-19-45(33(36)22-46-38(48)27-10-4-5-11-28(27)39(46)49)37(47)29-12-6-7-13-30(29)41(51)52-23-25-8-2-1-3-9-25/h1-5,8-11,14-15,20,24,26,29-30,33H,6-7,12-13,16-19,21-23H2/t26-,29+,30-,33+/m0/s1. The van der Waals surface area contributed by atoms with Crippen LogP contribution in [0.4, 0.5) is 0 Å². The first kappa shape index (κ1) is 36.1. The summed E-state index contributed by atoms with van der Waals surface area (Å²) in [5.74, 6) is -2.21. The van der Waals surface area contributed by atoms with Gasteiger partial charge in [-0.3, -0.25) is 33.9 Å². The van der Waals surface area contributed by atoms with Crippen molar-refractivity contribution in [2.24, 2.45) is 11.8 Å². The molecule has 0 bridgehead atoms. The third-order valence-corrected chi connectivity index (χ3v) is 12.6. The minimum absolute atomic E-state index is 0.0889. The Morgan fingerprint density at radius 2 is 1.59 bits per heavy atom. The summed E-state index contributed by atoms with van der Waals surface area (Å²) in [6, 6.07) is 19.2. The highest BCUT2D eigenvalue weighted by molar-refractivity contribution is 9.10. The normalized spacial score (nSPS) is 22.2. The van der Waals surface area contributed by atoms with Crippen LogP contribution in [0.15, 0.2) is 82.9 Å². The zero-order valence-electron chi connectivity index (χ0n) is 29.5. The first-order chi connectivity index (χ1) is 26.3. The molecular formula is C41H39BrN4O7S. The van der Waals surface area contributed by atoms with Gasteiger partial charge in [0.25, 0.3) is 17.7 Å². The number of imide groups is 1. The zero-order valence-corrected chi connectivity index (χ0v) is 31.9. The number of carbonyl (C=O) groups is 5. The van der Waals surface area contributed by atoms with Crippen LogP contribution < -0.4 is 4.74 Å². The van der Waals surface area contributed by atoms with Crippen LogP contribution >= 0.6 is 27.3 Å². The molecule has 8 rings (SSSR count). The summed E-state index contributed by atoms with van der Waals surface area (Å²) in [4.78, 5) is 78.6. The van der Waals surface area contributed by atoms with E-state index in [1.807, 2.05) is 42.5 Å². The molecule has 3 aliphatic heterocycles. The Morgan fingerprint density at radius 3 is 2.31 bits per heavy atom. The van der Waals surface area contributed by atoms with Crippen LogP contribution in [0.25, 0.3) is 0 Å². The lowest BCUT2D eigenvalue weighted by molar-refractivity contribution is -0.159. The van der Waals surface area contributed by atoms with Gasteiger partial charge < -0.3 is 19.3 Å². The van der Waals surface area contributed by atoms with Crippen LogP contribution in [-0.2, 0) is 27.4 Å². The van der Waals surface area contributed by atoms with Crippen LogP contribution in [0.3, 0.4) is 0 Å². The molecule has 2 fully saturated rings. The maximum absolute atomic E-state index is 14.9. The Balaban J connectivity index is 1.11. The summed E-state index contributed by atoms with van der Waals surface area (Å²) < 4.78 is 13.3. The minimum atomic E-state index is -0.754. The Labute approximate surface area is 325 Å². The van der Waals surface area contributed by atoms with Gasteiger partial charge in [-0.1, -0.05) is 71.2 Å². The van der Waals surface area contributed by atoms with E-state index >= 15 is 0 Å². The van der Waals surface area contributed by atoms with Crippen molar-refractivity contribution < 1.29 is 33.4 Å². The van der Waals surface area contributed by atoms with Gasteiger partial charge in [0.1, 0.15) is 23.3 Å². The van der Waals surface area contributed by atoms with E-state index in [-0.39, 0.29) is 31.1 Å². The number of rotatable bonds is 9. The van der Waals surface area contributed by atoms with E-state index in [0.717, 1.165) is 28.4 Å². The van der Waals surface area contributed by atoms with Crippen LogP contribution in [0.2, 0.25) is 0 Å². The molecule has 11 nitrogen and oxygen atoms in total. The van der Waals surface area contributed by atoms with Crippen molar-refractivity contribution in [2.45, 2.75) is 57.3 Å². The third-order valence-electron chi connectivity index (χ3n) is 11.1. The first-order valence-electron chi connectivity index (χ1n) is 18.4. The molecule has 0 radical (unpaired) electrons. The van der Waals surface area contributed by atoms with E-state index in [4.69, 9.17) is 9.47 Å². The number of amides is 4. The fourth-order valence-electron chi connectivity index (χ4n) is 8.34. The second-order valence-electron chi connectivity index (χ2n) is 14.2. The topological polar surface area (TPSA) is 126 Å². The number of aromatic nitrogens is 1. The lowest BCUT2D eigenvalue weighted by Crippen LogP contribution is -2.50. The molecule has 0 unspecified atom stereocenters. The molecule has 1 aliphatic carbocycles. The maximum atomic E-state index is 14.9. The quantitative estimate of drug-likeness (QED) is 0.139. The number of hydrogen-bond donors (Lipinski definition) is 0. The van der Waals surface area contributed by atoms with E-state index in [2.05, 4.69) is 20.9 Å². The van der Waals surface area contributed by atoms with Crippen molar-refractivity contribution in [3.8, 4) is 5.75 Å². The van der Waals surface area contributed by atoms with Crippen molar-refractivity contribution in [3.05, 3.63) is 116 Å². The van der Waals surface area contributed by atoms with Crippen molar-refractivity contribution in [2.75, 3.05) is 26.2 Å². The average molecular weight is 812 g/mol. The molecule has 4 heterocycles. The lowest BCUT2D eigenvalue weighted by atomic mass is 9.77. The summed E-state index contributed by atoms with van der Waals surface area (Å²) in [5, 5.41) is 0. The third kappa shape index (κ3) is 6.95. The molecule has 0 spiro atoms. The molecule has 4 atom stereocenters. The van der Waals surface area contributed by atoms with Gasteiger partial charge in [-0.2, -0.15) is 0 Å². The fourth-order valence-corrected chi connectivity index (χ4v) is 9.47. The number of esters is 1. The van der Waals surface area contributed by atoms with Crippen LogP contribution in [0, 0.1) is 11.8 Å². The molecule has 54 heavy (non-hydrogen) atoms. The van der Waals surface area contributed by atoms with E-state index in [9.17, 15) is 24.0 Å². The van der Waals surface area contributed by atoms with E-state index < -0.39 is 35.7 Å². The van der Waals surface area contributed by atoms with Crippen LogP contribution in [-0.4, -0.2) is 81.6 Å². The number of nitrogens with zero attached hydrogens (tertiary/aromatic N) is 4. The van der Waals surface area contributed by atoms with Crippen molar-refractivity contribution in [3.63, 3.8) is 0 Å². The van der Waals surface area contributed by atoms with Gasteiger partial charge in [0, 0.05) is 29.5 Å². The predicted molar refractivity (Wildman–Crippen MR) is 203 cm³/mol. The number of halogens is 1. The maximum Gasteiger partial charge on any atom is 0.310 e. The summed E-state index contributed by atoms with van der Waals surface area (Å²) in [5.41, 5.74) is 4.80. The Hall–Kier alpha value is -4.88. The summed E-state index contributed by atoms with van der Waals surface area (Å²) >= 11 is 5.04. The number of benzene rings is 3. The smallest absolute Gasteiger partial charge is 0.310 e. The van der Waals surface area contributed by atoms with Crippen LogP contribution in [0.5, 0.6) is 5.75 Å². The highest BCUT2D eigenvalue weighted by atomic mass is 79.9. The zero-order chi connectivity index (χ0) is 37.3. The van der Waals surface area contributed by atoms with Gasteiger partial charge in [-0.15, -0.1) is 11.3 Å². The number of hydrogen-bond acceptors (Lipinski definition) is 9. The Bertz CT molecular complexity index is 2060. The molecule has 0 N–H and O–H groups in total. The predicted octanol–water partition coefficient (Wildman–Crippen LogP) is 6.47. The number of carbonyl (C=O) groups excluding carboxylic acids is 5. The molecule has 1 aromatic heterocycles. The van der Waals surface area contributed by atoms with Gasteiger partial charge in [-0.05, 0) is 54.7 Å². The van der Waals surface area contributed by atoms with Crippen molar-refractivity contribution in [1.29, 1.82) is 0 Å². The van der Waals surface area contributed by atoms with Crippen LogP contribution in [0.1, 0.15) is 85.2 Å². The second-order valence-corrected chi connectivity index (χ2v) is 16.0. The van der Waals surface area contributed by atoms with Gasteiger partial charge >= 0.3 is 5.97 Å². The molecule has 4 amide bonds. The fraction of sp³-hybridized carbons (Fsp3) is 0.366. The van der Waals surface area contributed by atoms with Crippen molar-refractivity contribution in [1.82, 2.24) is 19.7 Å². The molecular weight excluding hydrogens is 772 g/mol. The second kappa shape index (κ2) is 15.5. The molecule has 4 aromatic rings. The van der Waals surface area contributed by atoms with E-state index in [1.54, 1.807) is 45.8 Å². The summed E-state index contributed by atoms with van der Waals surface area (Å²) in [7, 11) is 0. The molecule has 3 aromatic carbocycles. The Morgan fingerprint density at radius 1 is 0.870 bits per heavy atom. The van der Waals surface area contributed by atoms with E-state index in [1.165, 1.54) is 16.2 Å². The molecule has 4 aliphatic rings. The highest BCUT2D eigenvalue weighted by Crippen LogP contribution is 2.44. The van der Waals surface area contributed by atoms with Gasteiger partial charge in [-0.25, -0.2) is 0 Å². The molecule has 1 saturated heterocycles. The summed E-state index contributed by atoms with van der Waals surface area (Å²) in [6.45, 7) is 1.26. The molecule has 13 heteroatoms. The highest BCUT2D eigenvalue weighted by Gasteiger charge is 2.46. The molecule has 278 valence electrons. The number of fused-ring (bicyclic) bond motifs is 2. The largest absolute Gasteiger partial charge is 0.488 e. The number of thiazole rings is 1. The monoisotopic (exact) mass is 810 g/mol. The lowest BCUT2D eigenvalue weighted by Gasteiger charge is -2.43. The average Bonchev–Trinajstić information content (AvgIpc) is 3.97. The van der Waals surface area contributed by atoms with Gasteiger partial charge in [0.05, 0.1) is 53.8 Å². The molecule has 1 saturated carbocycles. The number of ether oxygens (including phenoxy) is 2. The van der Waals surface area contributed by atoms with Gasteiger partial charge in [0.2, 0.25) is 5.91 Å².